The second-order valence-corrected chi connectivity index (χ2v) is 12.9. The fraction of sp³-hybridized carbons (Fsp3) is 0.242. The summed E-state index contributed by atoms with van der Waals surface area (Å²) in [5.74, 6) is -0.0498. The molecule has 212 valence electrons. The van der Waals surface area contributed by atoms with Crippen molar-refractivity contribution in [2.24, 2.45) is 7.05 Å². The Bertz CT molecular complexity index is 1970. The van der Waals surface area contributed by atoms with Crippen molar-refractivity contribution in [2.75, 3.05) is 0 Å². The van der Waals surface area contributed by atoms with Gasteiger partial charge in [-0.3, -0.25) is 9.78 Å². The summed E-state index contributed by atoms with van der Waals surface area (Å²) in [4.78, 5) is 22.8. The first-order chi connectivity index (χ1) is 20.0. The molecule has 42 heavy (non-hydrogen) atoms. The molecule has 3 aromatic heterocycles. The van der Waals surface area contributed by atoms with E-state index < -0.39 is 11.7 Å². The van der Waals surface area contributed by atoms with Crippen LogP contribution in [0, 0.1) is 6.92 Å². The Balaban J connectivity index is 1.53. The summed E-state index contributed by atoms with van der Waals surface area (Å²) >= 11 is 7.86. The summed E-state index contributed by atoms with van der Waals surface area (Å²) < 4.78 is 9.11. The topological polar surface area (TPSA) is 82.8 Å². The Morgan fingerprint density at radius 2 is 1.71 bits per heavy atom. The highest BCUT2D eigenvalue weighted by Gasteiger charge is 2.30. The highest BCUT2D eigenvalue weighted by atomic mass is 35.5. The molecular formula is C33H30ClN5O2S. The maximum absolute atomic E-state index is 13.1. The van der Waals surface area contributed by atoms with Crippen LogP contribution in [0.1, 0.15) is 44.9 Å². The van der Waals surface area contributed by atoms with E-state index in [9.17, 15) is 4.79 Å². The van der Waals surface area contributed by atoms with Crippen LogP contribution in [-0.4, -0.2) is 36.3 Å². The van der Waals surface area contributed by atoms with Crippen molar-refractivity contribution in [3.8, 4) is 33.0 Å². The number of aryl methyl sites for hydroxylation is 2. The number of fused-ring (bicyclic) bond motifs is 2. The zero-order valence-electron chi connectivity index (χ0n) is 24.3. The number of Topliss-reactive ketones (excluding diaryl/α,β-unsaturated/α-hetero) is 1. The summed E-state index contributed by atoms with van der Waals surface area (Å²) in [6.45, 7) is 9.50. The predicted molar refractivity (Wildman–Crippen MR) is 170 cm³/mol. The molecule has 0 saturated carbocycles. The van der Waals surface area contributed by atoms with E-state index in [1.807, 2.05) is 89.3 Å². The number of thiazole rings is 1. The SMILES string of the molecule is CC(=O)[C@@H](OC(C)(C)C)c1c(C)cc2nc(-c3ccnc(-c4ccc5c(c4)nnn5C)c3)sc2c1-c1ccc(Cl)cc1. The van der Waals surface area contributed by atoms with Crippen LogP contribution in [0.4, 0.5) is 0 Å². The number of carbonyl (C=O) groups excluding carboxylic acids is 1. The lowest BCUT2D eigenvalue weighted by Gasteiger charge is -2.29. The van der Waals surface area contributed by atoms with Crippen molar-refractivity contribution in [3.05, 3.63) is 83.0 Å². The summed E-state index contributed by atoms with van der Waals surface area (Å²) in [5.41, 5.74) is 8.55. The van der Waals surface area contributed by atoms with E-state index in [4.69, 9.17) is 21.3 Å². The van der Waals surface area contributed by atoms with Gasteiger partial charge in [0.25, 0.3) is 0 Å². The van der Waals surface area contributed by atoms with Gasteiger partial charge >= 0.3 is 0 Å². The lowest BCUT2D eigenvalue weighted by molar-refractivity contribution is -0.138. The molecule has 6 aromatic rings. The van der Waals surface area contributed by atoms with Crippen LogP contribution >= 0.6 is 22.9 Å². The van der Waals surface area contributed by atoms with Crippen LogP contribution in [0.5, 0.6) is 0 Å². The molecule has 3 aromatic carbocycles. The number of hydrogen-bond acceptors (Lipinski definition) is 7. The smallest absolute Gasteiger partial charge is 0.163 e. The Hall–Kier alpha value is -3.98. The molecule has 0 saturated heterocycles. The number of benzene rings is 3. The average molecular weight is 596 g/mol. The quantitative estimate of drug-likeness (QED) is 0.192. The van der Waals surface area contributed by atoms with E-state index in [0.29, 0.717) is 5.02 Å². The molecule has 9 heteroatoms. The monoisotopic (exact) mass is 595 g/mol. The van der Waals surface area contributed by atoms with Crippen molar-refractivity contribution in [2.45, 2.75) is 46.3 Å². The lowest BCUT2D eigenvalue weighted by atomic mass is 9.90. The van der Waals surface area contributed by atoms with Crippen LogP contribution in [0.15, 0.2) is 66.9 Å². The molecule has 0 spiro atoms. The first-order valence-electron chi connectivity index (χ1n) is 13.6. The standard InChI is InChI=1S/C33H30ClN5O2S/c1-18-15-26-31(29(20-7-10-23(34)11-8-20)28(18)30(19(2)40)41-33(3,4)5)42-32(36-26)22-13-14-35-24(17-22)21-9-12-27-25(16-21)37-38-39(27)6/h7-17,30H,1-6H3/t30-/m1/s1. The van der Waals surface area contributed by atoms with Gasteiger partial charge in [0.1, 0.15) is 16.6 Å². The molecule has 0 radical (unpaired) electrons. The van der Waals surface area contributed by atoms with Crippen LogP contribution in [0.25, 0.3) is 54.2 Å². The highest BCUT2D eigenvalue weighted by molar-refractivity contribution is 7.22. The van der Waals surface area contributed by atoms with E-state index in [0.717, 1.165) is 65.3 Å². The van der Waals surface area contributed by atoms with Crippen LogP contribution < -0.4 is 0 Å². The van der Waals surface area contributed by atoms with Crippen molar-refractivity contribution < 1.29 is 9.53 Å². The molecule has 0 aliphatic carbocycles. The van der Waals surface area contributed by atoms with Gasteiger partial charge in [0.05, 0.1) is 27.0 Å². The second-order valence-electron chi connectivity index (χ2n) is 11.4. The van der Waals surface area contributed by atoms with Crippen molar-refractivity contribution >= 4 is 50.0 Å². The normalized spacial score (nSPS) is 12.7. The number of nitrogens with zero attached hydrogens (tertiary/aromatic N) is 5. The maximum Gasteiger partial charge on any atom is 0.163 e. The number of pyridine rings is 1. The summed E-state index contributed by atoms with van der Waals surface area (Å²) in [5, 5.41) is 9.87. The van der Waals surface area contributed by atoms with Crippen LogP contribution in [-0.2, 0) is 16.6 Å². The Labute approximate surface area is 253 Å². The lowest BCUT2D eigenvalue weighted by Crippen LogP contribution is -2.27. The number of halogens is 1. The molecule has 0 bridgehead atoms. The van der Waals surface area contributed by atoms with Crippen molar-refractivity contribution in [1.82, 2.24) is 25.0 Å². The predicted octanol–water partition coefficient (Wildman–Crippen LogP) is 8.38. The average Bonchev–Trinajstić information content (AvgIpc) is 3.54. The summed E-state index contributed by atoms with van der Waals surface area (Å²) in [6, 6.07) is 19.8. The number of aromatic nitrogens is 5. The number of ether oxygens (including phenoxy) is 1. The van der Waals surface area contributed by atoms with E-state index in [1.165, 1.54) is 0 Å². The fourth-order valence-electron chi connectivity index (χ4n) is 5.20. The molecule has 3 heterocycles. The van der Waals surface area contributed by atoms with Crippen LogP contribution in [0.3, 0.4) is 0 Å². The molecule has 0 unspecified atom stereocenters. The van der Waals surface area contributed by atoms with Gasteiger partial charge in [-0.15, -0.1) is 16.4 Å². The first kappa shape index (κ1) is 28.2. The van der Waals surface area contributed by atoms with E-state index in [-0.39, 0.29) is 5.78 Å². The minimum Gasteiger partial charge on any atom is -0.360 e. The number of ketones is 1. The minimum absolute atomic E-state index is 0.0498. The zero-order chi connectivity index (χ0) is 29.8. The van der Waals surface area contributed by atoms with E-state index in [2.05, 4.69) is 21.4 Å². The second kappa shape index (κ2) is 10.7. The third-order valence-electron chi connectivity index (χ3n) is 7.08. The number of carbonyl (C=O) groups is 1. The summed E-state index contributed by atoms with van der Waals surface area (Å²) in [6.07, 6.45) is 1.08. The molecule has 0 amide bonds. The largest absolute Gasteiger partial charge is 0.360 e. The van der Waals surface area contributed by atoms with Crippen molar-refractivity contribution in [1.29, 1.82) is 0 Å². The Kier molecular flexibility index (Phi) is 7.17. The van der Waals surface area contributed by atoms with Gasteiger partial charge in [0.2, 0.25) is 0 Å². The van der Waals surface area contributed by atoms with Gasteiger partial charge in [-0.05, 0) is 88.2 Å². The van der Waals surface area contributed by atoms with Gasteiger partial charge < -0.3 is 4.74 Å². The van der Waals surface area contributed by atoms with E-state index >= 15 is 0 Å². The van der Waals surface area contributed by atoms with Gasteiger partial charge in [0, 0.05) is 40.5 Å². The third kappa shape index (κ3) is 5.33. The minimum atomic E-state index is -0.728. The molecule has 7 nitrogen and oxygen atoms in total. The number of rotatable bonds is 6. The molecule has 0 aliphatic rings. The summed E-state index contributed by atoms with van der Waals surface area (Å²) in [7, 11) is 1.88. The van der Waals surface area contributed by atoms with E-state index in [1.54, 1.807) is 29.1 Å². The van der Waals surface area contributed by atoms with Gasteiger partial charge in [0.15, 0.2) is 5.78 Å². The Morgan fingerprint density at radius 1 is 0.976 bits per heavy atom. The molecular weight excluding hydrogens is 566 g/mol. The zero-order valence-corrected chi connectivity index (χ0v) is 25.8. The Morgan fingerprint density at radius 3 is 2.43 bits per heavy atom. The van der Waals surface area contributed by atoms with Gasteiger partial charge in [-0.2, -0.15) is 0 Å². The third-order valence-corrected chi connectivity index (χ3v) is 8.47. The maximum atomic E-state index is 13.1. The fourth-order valence-corrected chi connectivity index (χ4v) is 6.44. The molecule has 0 fully saturated rings. The van der Waals surface area contributed by atoms with Gasteiger partial charge in [-0.25, -0.2) is 9.67 Å². The molecule has 0 aliphatic heterocycles. The molecule has 1 atom stereocenters. The van der Waals surface area contributed by atoms with Gasteiger partial charge in [-0.1, -0.05) is 35.0 Å². The highest BCUT2D eigenvalue weighted by Crippen LogP contribution is 2.44. The van der Waals surface area contributed by atoms with Crippen molar-refractivity contribution in [3.63, 3.8) is 0 Å². The molecule has 0 N–H and O–H groups in total. The number of hydrogen-bond donors (Lipinski definition) is 0. The van der Waals surface area contributed by atoms with Crippen LogP contribution in [0.2, 0.25) is 5.02 Å². The first-order valence-corrected chi connectivity index (χ1v) is 14.8. The molecule has 6 rings (SSSR count).